The Kier molecular flexibility index (Phi) is 4.52. The van der Waals surface area contributed by atoms with Gasteiger partial charge in [0.05, 0.1) is 23.2 Å². The number of carbonyl (C=O) groups is 1. The zero-order valence-electron chi connectivity index (χ0n) is 15.7. The second-order valence-corrected chi connectivity index (χ2v) is 8.14. The van der Waals surface area contributed by atoms with Gasteiger partial charge < -0.3 is 15.0 Å². The zero-order chi connectivity index (χ0) is 19.1. The Morgan fingerprint density at radius 2 is 2.18 bits per heavy atom. The average Bonchev–Trinajstić information content (AvgIpc) is 3.32. The van der Waals surface area contributed by atoms with Crippen LogP contribution in [0.4, 0.5) is 0 Å². The third kappa shape index (κ3) is 3.16. The smallest absolute Gasteiger partial charge is 0.220 e. The first-order valence-corrected chi connectivity index (χ1v) is 10.4. The highest BCUT2D eigenvalue weighted by Gasteiger charge is 2.26. The van der Waals surface area contributed by atoms with Crippen LogP contribution in [0, 0.1) is 0 Å². The van der Waals surface area contributed by atoms with E-state index in [2.05, 4.69) is 28.5 Å². The fourth-order valence-corrected chi connectivity index (χ4v) is 4.74. The number of aromatic nitrogens is 1. The molecule has 5 heteroatoms. The molecule has 144 valence electrons. The Morgan fingerprint density at radius 1 is 1.25 bits per heavy atom. The van der Waals surface area contributed by atoms with Crippen LogP contribution in [0.2, 0.25) is 5.02 Å². The highest BCUT2D eigenvalue weighted by atomic mass is 35.5. The van der Waals surface area contributed by atoms with Crippen molar-refractivity contribution in [2.24, 2.45) is 0 Å². The molecule has 0 spiro atoms. The fourth-order valence-electron chi connectivity index (χ4n) is 4.52. The first-order valence-electron chi connectivity index (χ1n) is 10.0. The number of aromatic amines is 1. The van der Waals surface area contributed by atoms with E-state index in [1.54, 1.807) is 0 Å². The number of ether oxygens (including phenoxy) is 1. The van der Waals surface area contributed by atoms with E-state index in [0.717, 1.165) is 60.7 Å². The van der Waals surface area contributed by atoms with Gasteiger partial charge in [-0.25, -0.2) is 0 Å². The number of para-hydroxylation sites is 1. The highest BCUT2D eigenvalue weighted by molar-refractivity contribution is 6.35. The van der Waals surface area contributed by atoms with Crippen molar-refractivity contribution < 1.29 is 9.53 Å². The average molecular weight is 395 g/mol. The standard InChI is InChI=1S/C23H23ClN2O2/c24-18-5-1-3-16-17-4-2-6-19(23(17)26-22(16)18)25-21(27)10-8-14-7-9-20-15(13-14)11-12-28-20/h1,3,5,7,9,13,19,26H,2,4,6,8,10-12H2,(H,25,27)/t19-/m0/s1. The van der Waals surface area contributed by atoms with Crippen molar-refractivity contribution in [2.45, 2.75) is 44.6 Å². The summed E-state index contributed by atoms with van der Waals surface area (Å²) in [4.78, 5) is 16.1. The number of carbonyl (C=O) groups excluding carboxylic acids is 1. The number of hydrogen-bond donors (Lipinski definition) is 2. The van der Waals surface area contributed by atoms with E-state index in [1.807, 2.05) is 18.2 Å². The minimum Gasteiger partial charge on any atom is -0.493 e. The predicted molar refractivity (Wildman–Crippen MR) is 111 cm³/mol. The van der Waals surface area contributed by atoms with Gasteiger partial charge in [-0.2, -0.15) is 0 Å². The lowest BCUT2D eigenvalue weighted by atomic mass is 9.91. The van der Waals surface area contributed by atoms with Crippen LogP contribution in [0.5, 0.6) is 5.75 Å². The van der Waals surface area contributed by atoms with E-state index in [9.17, 15) is 4.79 Å². The molecule has 1 aliphatic carbocycles. The molecule has 0 fully saturated rings. The highest BCUT2D eigenvalue weighted by Crippen LogP contribution is 2.37. The van der Waals surface area contributed by atoms with Gasteiger partial charge in [-0.3, -0.25) is 4.79 Å². The van der Waals surface area contributed by atoms with Crippen LogP contribution in [0.1, 0.15) is 47.7 Å². The lowest BCUT2D eigenvalue weighted by Crippen LogP contribution is -2.31. The number of rotatable bonds is 4. The monoisotopic (exact) mass is 394 g/mol. The largest absolute Gasteiger partial charge is 0.493 e. The molecule has 1 amide bonds. The van der Waals surface area contributed by atoms with Gasteiger partial charge >= 0.3 is 0 Å². The summed E-state index contributed by atoms with van der Waals surface area (Å²) in [5, 5.41) is 5.16. The summed E-state index contributed by atoms with van der Waals surface area (Å²) in [5.41, 5.74) is 5.85. The van der Waals surface area contributed by atoms with Gasteiger partial charge in [0.15, 0.2) is 0 Å². The van der Waals surface area contributed by atoms with Crippen molar-refractivity contribution in [3.8, 4) is 5.75 Å². The number of halogens is 1. The van der Waals surface area contributed by atoms with Crippen molar-refractivity contribution in [3.05, 3.63) is 63.8 Å². The molecule has 0 saturated carbocycles. The van der Waals surface area contributed by atoms with Crippen molar-refractivity contribution in [2.75, 3.05) is 6.61 Å². The Hall–Kier alpha value is -2.46. The normalized spacial score (nSPS) is 17.8. The van der Waals surface area contributed by atoms with Crippen LogP contribution in [-0.2, 0) is 24.1 Å². The van der Waals surface area contributed by atoms with Gasteiger partial charge in [0.2, 0.25) is 5.91 Å². The van der Waals surface area contributed by atoms with Crippen molar-refractivity contribution in [1.29, 1.82) is 0 Å². The minimum absolute atomic E-state index is 0.0353. The predicted octanol–water partition coefficient (Wildman–Crippen LogP) is 4.88. The lowest BCUT2D eigenvalue weighted by Gasteiger charge is -2.24. The lowest BCUT2D eigenvalue weighted by molar-refractivity contribution is -0.121. The Labute approximate surface area is 169 Å². The fraction of sp³-hybridized carbons (Fsp3) is 0.348. The van der Waals surface area contributed by atoms with Crippen molar-refractivity contribution >= 4 is 28.4 Å². The molecule has 3 aromatic rings. The summed E-state index contributed by atoms with van der Waals surface area (Å²) in [5.74, 6) is 1.08. The van der Waals surface area contributed by atoms with Crippen LogP contribution in [-0.4, -0.2) is 17.5 Å². The number of amides is 1. The maximum atomic E-state index is 12.6. The number of hydrogen-bond acceptors (Lipinski definition) is 2. The summed E-state index contributed by atoms with van der Waals surface area (Å²) in [7, 11) is 0. The third-order valence-corrected chi connectivity index (χ3v) is 6.24. The van der Waals surface area contributed by atoms with Gasteiger partial charge in [0, 0.05) is 23.9 Å². The van der Waals surface area contributed by atoms with Gasteiger partial charge in [-0.15, -0.1) is 0 Å². The Balaban J connectivity index is 1.28. The molecule has 2 aliphatic rings. The molecule has 2 N–H and O–H groups in total. The van der Waals surface area contributed by atoms with E-state index in [0.29, 0.717) is 6.42 Å². The maximum absolute atomic E-state index is 12.6. The van der Waals surface area contributed by atoms with Gasteiger partial charge in [-0.1, -0.05) is 35.9 Å². The number of aryl methyl sites for hydroxylation is 2. The zero-order valence-corrected chi connectivity index (χ0v) is 16.4. The second kappa shape index (κ2) is 7.17. The molecule has 5 rings (SSSR count). The number of H-pyrrole nitrogens is 1. The van der Waals surface area contributed by atoms with E-state index in [4.69, 9.17) is 16.3 Å². The molecule has 1 aromatic heterocycles. The summed E-state index contributed by atoms with van der Waals surface area (Å²) in [6.45, 7) is 0.762. The minimum atomic E-state index is 0.0353. The van der Waals surface area contributed by atoms with E-state index >= 15 is 0 Å². The van der Waals surface area contributed by atoms with Crippen LogP contribution < -0.4 is 10.1 Å². The molecular weight excluding hydrogens is 372 g/mol. The molecule has 0 bridgehead atoms. The number of nitrogens with one attached hydrogen (secondary N) is 2. The molecule has 1 aliphatic heterocycles. The SMILES string of the molecule is O=C(CCc1ccc2c(c1)CCO2)N[C@H]1CCCc2c1[nH]c1c(Cl)cccc21. The van der Waals surface area contributed by atoms with Crippen molar-refractivity contribution in [3.63, 3.8) is 0 Å². The Morgan fingerprint density at radius 3 is 3.11 bits per heavy atom. The summed E-state index contributed by atoms with van der Waals surface area (Å²) >= 11 is 6.36. The maximum Gasteiger partial charge on any atom is 0.220 e. The van der Waals surface area contributed by atoms with Gasteiger partial charge in [0.25, 0.3) is 0 Å². The molecule has 0 radical (unpaired) electrons. The molecule has 1 atom stereocenters. The molecule has 2 heterocycles. The van der Waals surface area contributed by atoms with Crippen molar-refractivity contribution in [1.82, 2.24) is 10.3 Å². The number of benzene rings is 2. The van der Waals surface area contributed by atoms with Gasteiger partial charge in [-0.05, 0) is 54.5 Å². The van der Waals surface area contributed by atoms with Crippen LogP contribution in [0.3, 0.4) is 0 Å². The molecule has 28 heavy (non-hydrogen) atoms. The topological polar surface area (TPSA) is 54.1 Å². The molecular formula is C23H23ClN2O2. The Bertz CT molecular complexity index is 1060. The summed E-state index contributed by atoms with van der Waals surface area (Å²) in [6.07, 6.45) is 5.26. The van der Waals surface area contributed by atoms with Crippen LogP contribution >= 0.6 is 11.6 Å². The van der Waals surface area contributed by atoms with Crippen LogP contribution in [0.15, 0.2) is 36.4 Å². The quantitative estimate of drug-likeness (QED) is 0.662. The van der Waals surface area contributed by atoms with Crippen LogP contribution in [0.25, 0.3) is 10.9 Å². The van der Waals surface area contributed by atoms with Gasteiger partial charge in [0.1, 0.15) is 5.75 Å². The molecule has 0 saturated heterocycles. The first-order chi connectivity index (χ1) is 13.7. The summed E-state index contributed by atoms with van der Waals surface area (Å²) < 4.78 is 5.55. The third-order valence-electron chi connectivity index (χ3n) is 5.92. The van der Waals surface area contributed by atoms with E-state index in [1.165, 1.54) is 22.1 Å². The molecule has 4 nitrogen and oxygen atoms in total. The van der Waals surface area contributed by atoms with E-state index < -0.39 is 0 Å². The molecule has 0 unspecified atom stereocenters. The second-order valence-electron chi connectivity index (χ2n) is 7.73. The first kappa shape index (κ1) is 17.6. The molecule has 2 aromatic carbocycles. The summed E-state index contributed by atoms with van der Waals surface area (Å²) in [6, 6.07) is 12.3. The number of fused-ring (bicyclic) bond motifs is 4. The van der Waals surface area contributed by atoms with E-state index in [-0.39, 0.29) is 11.9 Å².